The minimum atomic E-state index is -0.254. The fraction of sp³-hybridized carbons (Fsp3) is 0.0769. The minimum Gasteiger partial charge on any atom is -0.397 e. The van der Waals surface area contributed by atoms with Gasteiger partial charge in [-0.1, -0.05) is 17.7 Å². The van der Waals surface area contributed by atoms with E-state index < -0.39 is 0 Å². The van der Waals surface area contributed by atoms with Crippen LogP contribution in [0.5, 0.6) is 0 Å². The van der Waals surface area contributed by atoms with Gasteiger partial charge in [0.1, 0.15) is 5.82 Å². The van der Waals surface area contributed by atoms with Crippen molar-refractivity contribution in [1.29, 1.82) is 0 Å². The number of nitrogens with one attached hydrogen (secondary N) is 1. The fourth-order valence-electron chi connectivity index (χ4n) is 1.46. The molecule has 0 spiro atoms. The molecule has 0 fully saturated rings. The summed E-state index contributed by atoms with van der Waals surface area (Å²) in [4.78, 5) is 0. The van der Waals surface area contributed by atoms with Gasteiger partial charge >= 0.3 is 0 Å². The standard InChI is InChI=1S/C13H12ClFN2/c1-8-2-4-10(7-11(8)15)17-13-6-9(14)3-5-12(13)16/h2-7,17H,16H2,1H3. The van der Waals surface area contributed by atoms with Gasteiger partial charge in [0, 0.05) is 10.7 Å². The Morgan fingerprint density at radius 3 is 2.65 bits per heavy atom. The van der Waals surface area contributed by atoms with Crippen LogP contribution >= 0.6 is 11.6 Å². The van der Waals surface area contributed by atoms with Crippen molar-refractivity contribution in [2.75, 3.05) is 11.1 Å². The van der Waals surface area contributed by atoms with Crippen LogP contribution in [0.15, 0.2) is 36.4 Å². The van der Waals surface area contributed by atoms with Crippen LogP contribution in [0.2, 0.25) is 5.02 Å². The summed E-state index contributed by atoms with van der Waals surface area (Å²) in [5.74, 6) is -0.254. The normalized spacial score (nSPS) is 10.3. The van der Waals surface area contributed by atoms with Crippen molar-refractivity contribution in [3.63, 3.8) is 0 Å². The molecule has 2 aromatic rings. The molecule has 0 aliphatic rings. The van der Waals surface area contributed by atoms with Crippen LogP contribution in [0.25, 0.3) is 0 Å². The Hall–Kier alpha value is -1.74. The van der Waals surface area contributed by atoms with Gasteiger partial charge in [0.2, 0.25) is 0 Å². The number of nitrogen functional groups attached to an aromatic ring is 1. The topological polar surface area (TPSA) is 38.0 Å². The average Bonchev–Trinajstić information content (AvgIpc) is 2.29. The van der Waals surface area contributed by atoms with Gasteiger partial charge in [-0.2, -0.15) is 0 Å². The molecule has 0 radical (unpaired) electrons. The van der Waals surface area contributed by atoms with Crippen LogP contribution in [0.3, 0.4) is 0 Å². The van der Waals surface area contributed by atoms with E-state index in [-0.39, 0.29) is 5.82 Å². The van der Waals surface area contributed by atoms with Crippen LogP contribution in [-0.4, -0.2) is 0 Å². The largest absolute Gasteiger partial charge is 0.397 e. The number of benzene rings is 2. The number of nitrogens with two attached hydrogens (primary N) is 1. The first-order chi connectivity index (χ1) is 8.06. The highest BCUT2D eigenvalue weighted by Crippen LogP contribution is 2.27. The number of halogens is 2. The van der Waals surface area contributed by atoms with Crippen LogP contribution in [0.1, 0.15) is 5.56 Å². The van der Waals surface area contributed by atoms with Crippen molar-refractivity contribution in [1.82, 2.24) is 0 Å². The van der Waals surface area contributed by atoms with E-state index in [2.05, 4.69) is 5.32 Å². The smallest absolute Gasteiger partial charge is 0.128 e. The lowest BCUT2D eigenvalue weighted by Gasteiger charge is -2.10. The van der Waals surface area contributed by atoms with Gasteiger partial charge in [0.15, 0.2) is 0 Å². The summed E-state index contributed by atoms with van der Waals surface area (Å²) >= 11 is 5.87. The highest BCUT2D eigenvalue weighted by atomic mass is 35.5. The Morgan fingerprint density at radius 2 is 1.94 bits per heavy atom. The molecule has 0 aliphatic carbocycles. The summed E-state index contributed by atoms with van der Waals surface area (Å²) in [6, 6.07) is 10.0. The maximum Gasteiger partial charge on any atom is 0.128 e. The SMILES string of the molecule is Cc1ccc(Nc2cc(Cl)ccc2N)cc1F. The number of aryl methyl sites for hydroxylation is 1. The summed E-state index contributed by atoms with van der Waals surface area (Å²) in [6.07, 6.45) is 0. The molecule has 0 heterocycles. The van der Waals surface area contributed by atoms with Gasteiger partial charge in [0.25, 0.3) is 0 Å². The van der Waals surface area contributed by atoms with Crippen LogP contribution in [0, 0.1) is 12.7 Å². The number of hydrogen-bond acceptors (Lipinski definition) is 2. The van der Waals surface area contributed by atoms with Crippen molar-refractivity contribution < 1.29 is 4.39 Å². The van der Waals surface area contributed by atoms with E-state index in [9.17, 15) is 4.39 Å². The van der Waals surface area contributed by atoms with Crippen LogP contribution in [0.4, 0.5) is 21.5 Å². The molecule has 17 heavy (non-hydrogen) atoms. The van der Waals surface area contributed by atoms with E-state index in [4.69, 9.17) is 17.3 Å². The maximum atomic E-state index is 13.4. The lowest BCUT2D eigenvalue weighted by atomic mass is 10.2. The molecular weight excluding hydrogens is 239 g/mol. The molecule has 0 saturated heterocycles. The van der Waals surface area contributed by atoms with Crippen molar-refractivity contribution in [3.8, 4) is 0 Å². The zero-order valence-electron chi connectivity index (χ0n) is 9.30. The highest BCUT2D eigenvalue weighted by molar-refractivity contribution is 6.31. The van der Waals surface area contributed by atoms with E-state index in [1.54, 1.807) is 37.3 Å². The zero-order chi connectivity index (χ0) is 12.4. The summed E-state index contributed by atoms with van der Waals surface area (Å²) in [6.45, 7) is 1.72. The van der Waals surface area contributed by atoms with Gasteiger partial charge in [0.05, 0.1) is 11.4 Å². The molecular formula is C13H12ClFN2. The van der Waals surface area contributed by atoms with E-state index in [0.717, 1.165) is 0 Å². The number of anilines is 3. The van der Waals surface area contributed by atoms with E-state index >= 15 is 0 Å². The molecule has 0 saturated carbocycles. The summed E-state index contributed by atoms with van der Waals surface area (Å²) in [7, 11) is 0. The van der Waals surface area contributed by atoms with E-state index in [0.29, 0.717) is 27.6 Å². The molecule has 0 aliphatic heterocycles. The first kappa shape index (κ1) is 11.7. The fourth-order valence-corrected chi connectivity index (χ4v) is 1.63. The molecule has 4 heteroatoms. The Morgan fingerprint density at radius 1 is 1.18 bits per heavy atom. The maximum absolute atomic E-state index is 13.4. The molecule has 0 unspecified atom stereocenters. The van der Waals surface area contributed by atoms with Crippen LogP contribution in [-0.2, 0) is 0 Å². The first-order valence-corrected chi connectivity index (χ1v) is 5.52. The van der Waals surface area contributed by atoms with E-state index in [1.165, 1.54) is 6.07 Å². The molecule has 0 atom stereocenters. The second-order valence-corrected chi connectivity index (χ2v) is 4.26. The first-order valence-electron chi connectivity index (χ1n) is 5.14. The second-order valence-electron chi connectivity index (χ2n) is 3.82. The van der Waals surface area contributed by atoms with Gasteiger partial charge < -0.3 is 11.1 Å². The molecule has 3 N–H and O–H groups in total. The predicted octanol–water partition coefficient (Wildman–Crippen LogP) is 4.11. The van der Waals surface area contributed by atoms with Gasteiger partial charge in [-0.15, -0.1) is 0 Å². The monoisotopic (exact) mass is 250 g/mol. The quantitative estimate of drug-likeness (QED) is 0.787. The Kier molecular flexibility index (Phi) is 3.20. The molecule has 2 rings (SSSR count). The Balaban J connectivity index is 2.31. The molecule has 0 bridgehead atoms. The highest BCUT2D eigenvalue weighted by Gasteiger charge is 2.03. The van der Waals surface area contributed by atoms with Gasteiger partial charge in [-0.05, 0) is 42.8 Å². The molecule has 2 aromatic carbocycles. The summed E-state index contributed by atoms with van der Waals surface area (Å²) < 4.78 is 13.4. The molecule has 0 aromatic heterocycles. The van der Waals surface area contributed by atoms with Crippen molar-refractivity contribution in [2.45, 2.75) is 6.92 Å². The Labute approximate surface area is 104 Å². The second kappa shape index (κ2) is 4.63. The van der Waals surface area contributed by atoms with Gasteiger partial charge in [-0.3, -0.25) is 0 Å². The third-order valence-electron chi connectivity index (χ3n) is 2.47. The molecule has 2 nitrogen and oxygen atoms in total. The van der Waals surface area contributed by atoms with Crippen molar-refractivity contribution in [2.24, 2.45) is 0 Å². The van der Waals surface area contributed by atoms with Crippen molar-refractivity contribution >= 4 is 28.7 Å². The Bertz CT molecular complexity index is 555. The third kappa shape index (κ3) is 2.68. The lowest BCUT2D eigenvalue weighted by Crippen LogP contribution is -1.97. The van der Waals surface area contributed by atoms with Crippen molar-refractivity contribution in [3.05, 3.63) is 52.8 Å². The summed E-state index contributed by atoms with van der Waals surface area (Å²) in [5.41, 5.74) is 8.27. The minimum absolute atomic E-state index is 0.254. The van der Waals surface area contributed by atoms with E-state index in [1.807, 2.05) is 0 Å². The van der Waals surface area contributed by atoms with Gasteiger partial charge in [-0.25, -0.2) is 4.39 Å². The molecule has 88 valence electrons. The summed E-state index contributed by atoms with van der Waals surface area (Å²) in [5, 5.41) is 3.61. The lowest BCUT2D eigenvalue weighted by molar-refractivity contribution is 0.619. The number of rotatable bonds is 2. The van der Waals surface area contributed by atoms with Crippen LogP contribution < -0.4 is 11.1 Å². The third-order valence-corrected chi connectivity index (χ3v) is 2.70. The zero-order valence-corrected chi connectivity index (χ0v) is 10.1. The predicted molar refractivity (Wildman–Crippen MR) is 70.3 cm³/mol. The molecule has 0 amide bonds. The number of hydrogen-bond donors (Lipinski definition) is 2. The average molecular weight is 251 g/mol.